The van der Waals surface area contributed by atoms with E-state index >= 15 is 4.79 Å². The molecule has 0 saturated carbocycles. The van der Waals surface area contributed by atoms with Crippen LogP contribution in [0.1, 0.15) is 62.3 Å². The Morgan fingerprint density at radius 1 is 1.16 bits per heavy atom. The fourth-order valence-corrected chi connectivity index (χ4v) is 7.93. The number of aliphatic hydroxyl groups excluding tert-OH is 1. The monoisotopic (exact) mass is 614 g/mol. The van der Waals surface area contributed by atoms with Gasteiger partial charge in [-0.3, -0.25) is 14.4 Å². The van der Waals surface area contributed by atoms with E-state index in [2.05, 4.69) is 13.2 Å². The van der Waals surface area contributed by atoms with Crippen LogP contribution in [0.2, 0.25) is 0 Å². The number of allylic oxidation sites excluding steroid dienone is 1. The van der Waals surface area contributed by atoms with Crippen LogP contribution in [0, 0.1) is 31.6 Å². The number of hydrogen-bond acceptors (Lipinski definition) is 6. The van der Waals surface area contributed by atoms with Crippen LogP contribution in [-0.4, -0.2) is 64.8 Å². The number of fused-ring (bicyclic) bond motifs is 1. The zero-order valence-corrected chi connectivity index (χ0v) is 26.9. The lowest BCUT2D eigenvalue weighted by Gasteiger charge is -2.40. The van der Waals surface area contributed by atoms with E-state index < -0.39 is 47.7 Å². The van der Waals surface area contributed by atoms with Gasteiger partial charge in [-0.15, -0.1) is 13.2 Å². The normalized spacial score (nSPS) is 28.9. The number of aliphatic hydroxyl groups is 1. The Hall–Kier alpha value is -3.75. The number of esters is 1. The maximum atomic E-state index is 15.1. The zero-order chi connectivity index (χ0) is 32.5. The van der Waals surface area contributed by atoms with E-state index in [-0.39, 0.29) is 30.9 Å². The molecule has 240 valence electrons. The average Bonchev–Trinajstić information content (AvgIpc) is 3.54. The molecule has 1 spiro atoms. The summed E-state index contributed by atoms with van der Waals surface area (Å²) in [4.78, 5) is 46.9. The molecule has 2 aromatic carbocycles. The molecular formula is C37H46N2O6. The second kappa shape index (κ2) is 12.9. The number of aryl methyl sites for hydroxylation is 2. The molecule has 3 saturated heterocycles. The molecule has 3 unspecified atom stereocenters. The minimum atomic E-state index is -1.28. The van der Waals surface area contributed by atoms with Crippen LogP contribution >= 0.6 is 0 Å². The number of hydrogen-bond donors (Lipinski definition) is 1. The highest BCUT2D eigenvalue weighted by Gasteiger charge is 2.81. The van der Waals surface area contributed by atoms with Crippen LogP contribution < -0.4 is 4.90 Å². The van der Waals surface area contributed by atoms with Crippen LogP contribution in [-0.2, 0) is 23.9 Å². The van der Waals surface area contributed by atoms with Crippen molar-refractivity contribution >= 4 is 23.5 Å². The van der Waals surface area contributed by atoms with Gasteiger partial charge in [0.25, 0.3) is 5.91 Å². The Kier molecular flexibility index (Phi) is 9.38. The Morgan fingerprint density at radius 2 is 1.89 bits per heavy atom. The van der Waals surface area contributed by atoms with Gasteiger partial charge in [-0.1, -0.05) is 61.5 Å². The minimum Gasteiger partial charge on any atom is -0.465 e. The van der Waals surface area contributed by atoms with Crippen molar-refractivity contribution in [1.82, 2.24) is 4.90 Å². The number of carbonyl (C=O) groups excluding carboxylic acids is 3. The minimum absolute atomic E-state index is 0.132. The van der Waals surface area contributed by atoms with Gasteiger partial charge in [-0.25, -0.2) is 0 Å². The highest BCUT2D eigenvalue weighted by atomic mass is 16.6. The van der Waals surface area contributed by atoms with Gasteiger partial charge in [-0.2, -0.15) is 0 Å². The maximum Gasteiger partial charge on any atom is 0.312 e. The first kappa shape index (κ1) is 32.6. The molecule has 2 amide bonds. The third-order valence-electron chi connectivity index (χ3n) is 10.2. The molecule has 3 heterocycles. The highest BCUT2D eigenvalue weighted by Crippen LogP contribution is 2.66. The van der Waals surface area contributed by atoms with E-state index in [0.717, 1.165) is 29.7 Å². The Morgan fingerprint density at radius 3 is 2.56 bits per heavy atom. The zero-order valence-electron chi connectivity index (χ0n) is 26.9. The van der Waals surface area contributed by atoms with Crippen molar-refractivity contribution in [3.63, 3.8) is 0 Å². The van der Waals surface area contributed by atoms with E-state index in [0.29, 0.717) is 18.4 Å². The van der Waals surface area contributed by atoms with Crippen molar-refractivity contribution in [2.45, 2.75) is 76.7 Å². The average molecular weight is 615 g/mol. The van der Waals surface area contributed by atoms with Crippen molar-refractivity contribution in [1.29, 1.82) is 0 Å². The van der Waals surface area contributed by atoms with E-state index in [4.69, 9.17) is 9.47 Å². The first-order chi connectivity index (χ1) is 21.5. The molecule has 2 bridgehead atoms. The molecule has 3 aliphatic heterocycles. The fraction of sp³-hybridized carbons (Fsp3) is 0.486. The molecule has 8 nitrogen and oxygen atoms in total. The number of carbonyl (C=O) groups is 3. The number of nitrogens with zero attached hydrogens (tertiary/aromatic N) is 2. The van der Waals surface area contributed by atoms with Crippen LogP contribution in [0.4, 0.5) is 5.69 Å². The van der Waals surface area contributed by atoms with Crippen molar-refractivity contribution in [2.75, 3.05) is 24.7 Å². The Balaban J connectivity index is 1.63. The van der Waals surface area contributed by atoms with Crippen LogP contribution in [0.15, 0.2) is 73.8 Å². The SMILES string of the molecule is C=CCCCCOC(=O)[C@@H]1[C@H]2C(=O)N([C@H](CO)c3ccccc3)C(C(=O)N(CC=C)c3cc(C)ccc3C)C23CC(C)[C@@]1(C)O3. The third-order valence-corrected chi connectivity index (χ3v) is 10.2. The summed E-state index contributed by atoms with van der Waals surface area (Å²) in [6.45, 7) is 15.5. The summed E-state index contributed by atoms with van der Waals surface area (Å²) in [5.74, 6) is -3.14. The fourth-order valence-electron chi connectivity index (χ4n) is 7.93. The largest absolute Gasteiger partial charge is 0.465 e. The Bertz CT molecular complexity index is 1460. The predicted molar refractivity (Wildman–Crippen MR) is 173 cm³/mol. The summed E-state index contributed by atoms with van der Waals surface area (Å²) in [5.41, 5.74) is 1.02. The summed E-state index contributed by atoms with van der Waals surface area (Å²) < 4.78 is 12.7. The summed E-state index contributed by atoms with van der Waals surface area (Å²) in [6, 6.07) is 13.2. The number of rotatable bonds is 13. The predicted octanol–water partition coefficient (Wildman–Crippen LogP) is 5.47. The number of anilines is 1. The molecule has 7 atom stereocenters. The van der Waals surface area contributed by atoms with Crippen molar-refractivity contribution < 1.29 is 29.0 Å². The summed E-state index contributed by atoms with van der Waals surface area (Å²) in [7, 11) is 0. The molecule has 3 fully saturated rings. The number of benzene rings is 2. The van der Waals surface area contributed by atoms with Gasteiger partial charge in [0.05, 0.1) is 30.8 Å². The standard InChI is InChI=1S/C37H46N2O6/c1-7-9-10-14-20-44-35(43)31-30-33(41)39(29(23-40)27-15-12-11-13-16-27)32(37(30)22-26(5)36(31,6)45-37)34(42)38(19-8-2)28-21-24(3)17-18-25(28)4/h7-8,11-13,15-18,21,26,29-32,40H,1-2,9-10,14,19-20,22-23H2,3-6H3/t26?,29-,30+,31+,32?,36-,37?/m1/s1. The van der Waals surface area contributed by atoms with Gasteiger partial charge in [-0.05, 0) is 75.1 Å². The Labute approximate surface area is 266 Å². The third kappa shape index (κ3) is 5.42. The van der Waals surface area contributed by atoms with Gasteiger partial charge < -0.3 is 24.4 Å². The van der Waals surface area contributed by atoms with Gasteiger partial charge in [0.2, 0.25) is 5.91 Å². The molecule has 3 aliphatic rings. The molecule has 5 rings (SSSR count). The van der Waals surface area contributed by atoms with Crippen molar-refractivity contribution in [3.05, 3.63) is 90.5 Å². The first-order valence-electron chi connectivity index (χ1n) is 16.0. The van der Waals surface area contributed by atoms with E-state index in [1.165, 1.54) is 4.90 Å². The lowest BCUT2D eigenvalue weighted by atomic mass is 9.62. The smallest absolute Gasteiger partial charge is 0.312 e. The molecule has 8 heteroatoms. The number of likely N-dealkylation sites (tertiary alicyclic amines) is 1. The first-order valence-corrected chi connectivity index (χ1v) is 16.0. The van der Waals surface area contributed by atoms with Crippen molar-refractivity contribution in [2.24, 2.45) is 17.8 Å². The molecule has 1 N–H and O–H groups in total. The number of unbranched alkanes of at least 4 members (excludes halogenated alkanes) is 2. The van der Waals surface area contributed by atoms with Crippen LogP contribution in [0.25, 0.3) is 0 Å². The number of amides is 2. The van der Waals surface area contributed by atoms with Crippen LogP contribution in [0.5, 0.6) is 0 Å². The summed E-state index contributed by atoms with van der Waals surface area (Å²) in [6.07, 6.45) is 6.26. The topological polar surface area (TPSA) is 96.4 Å². The van der Waals surface area contributed by atoms with Gasteiger partial charge in [0.15, 0.2) is 0 Å². The summed E-state index contributed by atoms with van der Waals surface area (Å²) in [5, 5.41) is 10.8. The second-order valence-corrected chi connectivity index (χ2v) is 13.0. The maximum absolute atomic E-state index is 15.1. The second-order valence-electron chi connectivity index (χ2n) is 13.0. The molecule has 2 aromatic rings. The molecule has 0 aliphatic carbocycles. The molecule has 0 aromatic heterocycles. The highest BCUT2D eigenvalue weighted by molar-refractivity contribution is 6.05. The van der Waals surface area contributed by atoms with Gasteiger partial charge in [0, 0.05) is 12.2 Å². The molecule has 0 radical (unpaired) electrons. The lowest BCUT2D eigenvalue weighted by molar-refractivity contribution is -0.162. The van der Waals surface area contributed by atoms with Crippen LogP contribution in [0.3, 0.4) is 0 Å². The van der Waals surface area contributed by atoms with E-state index in [1.807, 2.05) is 82.3 Å². The lowest BCUT2D eigenvalue weighted by Crippen LogP contribution is -2.57. The van der Waals surface area contributed by atoms with Crippen molar-refractivity contribution in [3.8, 4) is 0 Å². The van der Waals surface area contributed by atoms with Gasteiger partial charge in [0.1, 0.15) is 17.6 Å². The van der Waals surface area contributed by atoms with E-state index in [9.17, 15) is 14.7 Å². The number of ether oxygens (including phenoxy) is 2. The van der Waals surface area contributed by atoms with E-state index in [1.54, 1.807) is 11.0 Å². The molecular weight excluding hydrogens is 568 g/mol. The molecule has 45 heavy (non-hydrogen) atoms. The summed E-state index contributed by atoms with van der Waals surface area (Å²) >= 11 is 0. The quantitative estimate of drug-likeness (QED) is 0.183. The van der Waals surface area contributed by atoms with Gasteiger partial charge >= 0.3 is 5.97 Å².